The van der Waals surface area contributed by atoms with E-state index in [1.165, 1.54) is 18.2 Å². The van der Waals surface area contributed by atoms with E-state index in [9.17, 15) is 14.9 Å². The van der Waals surface area contributed by atoms with Gasteiger partial charge in [0.15, 0.2) is 0 Å². The van der Waals surface area contributed by atoms with Gasteiger partial charge in [0.1, 0.15) is 0 Å². The number of halogens is 1. The molecule has 1 amide bonds. The quantitative estimate of drug-likeness (QED) is 0.522. The molecule has 3 rings (SSSR count). The van der Waals surface area contributed by atoms with Crippen molar-refractivity contribution < 1.29 is 9.72 Å². The summed E-state index contributed by atoms with van der Waals surface area (Å²) in [7, 11) is 0. The summed E-state index contributed by atoms with van der Waals surface area (Å²) in [6.45, 7) is 3.99. The fourth-order valence-electron chi connectivity index (χ4n) is 2.86. The highest BCUT2D eigenvalue weighted by Gasteiger charge is 2.20. The highest BCUT2D eigenvalue weighted by atomic mass is 35.5. The maximum absolute atomic E-state index is 12.7. The molecule has 1 N–H and O–H groups in total. The summed E-state index contributed by atoms with van der Waals surface area (Å²) < 4.78 is 1.72. The number of benzene rings is 2. The molecule has 0 radical (unpaired) electrons. The van der Waals surface area contributed by atoms with Gasteiger partial charge >= 0.3 is 0 Å². The number of aromatic nitrogens is 2. The third-order valence-electron chi connectivity index (χ3n) is 4.20. The number of hydrogen-bond acceptors (Lipinski definition) is 4. The molecule has 8 heteroatoms. The van der Waals surface area contributed by atoms with Gasteiger partial charge in [-0.15, -0.1) is 0 Å². The molecular weight excluding hydrogens is 368 g/mol. The molecule has 27 heavy (non-hydrogen) atoms. The summed E-state index contributed by atoms with van der Waals surface area (Å²) in [6.07, 6.45) is 0. The molecule has 2 aromatic carbocycles. The summed E-state index contributed by atoms with van der Waals surface area (Å²) in [5, 5.41) is 18.7. The highest BCUT2D eigenvalue weighted by molar-refractivity contribution is 6.31. The average Bonchev–Trinajstić information content (AvgIpc) is 2.90. The van der Waals surface area contributed by atoms with Crippen molar-refractivity contribution in [3.05, 3.63) is 86.2 Å². The van der Waals surface area contributed by atoms with Crippen LogP contribution in [0.4, 0.5) is 11.4 Å². The monoisotopic (exact) mass is 384 g/mol. The number of carbonyl (C=O) groups is 1. The Balaban J connectivity index is 1.86. The minimum Gasteiger partial charge on any atom is -0.322 e. The van der Waals surface area contributed by atoms with Crippen LogP contribution in [0.2, 0.25) is 5.02 Å². The molecule has 0 spiro atoms. The number of nitro benzene ring substituents is 1. The fourth-order valence-corrected chi connectivity index (χ4v) is 3.05. The van der Waals surface area contributed by atoms with E-state index >= 15 is 0 Å². The van der Waals surface area contributed by atoms with E-state index in [1.807, 2.05) is 18.2 Å². The molecule has 0 saturated carbocycles. The van der Waals surface area contributed by atoms with E-state index in [4.69, 9.17) is 11.6 Å². The van der Waals surface area contributed by atoms with Crippen LogP contribution in [0.1, 0.15) is 27.3 Å². The van der Waals surface area contributed by atoms with Crippen LogP contribution in [0.25, 0.3) is 0 Å². The first-order valence-electron chi connectivity index (χ1n) is 8.20. The second-order valence-electron chi connectivity index (χ2n) is 6.06. The van der Waals surface area contributed by atoms with Crippen LogP contribution in [-0.2, 0) is 6.54 Å². The van der Waals surface area contributed by atoms with E-state index in [-0.39, 0.29) is 11.6 Å². The number of amides is 1. The summed E-state index contributed by atoms with van der Waals surface area (Å²) in [5.74, 6) is -0.365. The topological polar surface area (TPSA) is 90.1 Å². The Bertz CT molecular complexity index is 1030. The zero-order valence-corrected chi connectivity index (χ0v) is 15.5. The van der Waals surface area contributed by atoms with Gasteiger partial charge in [0.2, 0.25) is 0 Å². The number of carbonyl (C=O) groups excluding carboxylic acids is 1. The van der Waals surface area contributed by atoms with Crippen molar-refractivity contribution >= 4 is 28.9 Å². The summed E-state index contributed by atoms with van der Waals surface area (Å²) >= 11 is 6.21. The van der Waals surface area contributed by atoms with Gasteiger partial charge in [-0.1, -0.05) is 35.9 Å². The van der Waals surface area contributed by atoms with Gasteiger partial charge in [-0.25, -0.2) is 0 Å². The fraction of sp³-hybridized carbons (Fsp3) is 0.158. The Morgan fingerprint density at radius 3 is 2.67 bits per heavy atom. The van der Waals surface area contributed by atoms with Gasteiger partial charge in [0, 0.05) is 28.5 Å². The lowest BCUT2D eigenvalue weighted by atomic mass is 10.1. The molecular formula is C19H17ClN4O3. The second kappa shape index (κ2) is 7.59. The largest absolute Gasteiger partial charge is 0.322 e. The Hall–Kier alpha value is -3.19. The average molecular weight is 385 g/mol. The molecule has 0 bridgehead atoms. The van der Waals surface area contributed by atoms with E-state index in [2.05, 4.69) is 10.4 Å². The van der Waals surface area contributed by atoms with E-state index in [1.54, 1.807) is 30.7 Å². The van der Waals surface area contributed by atoms with Gasteiger partial charge in [0.25, 0.3) is 11.6 Å². The molecule has 0 atom stereocenters. The predicted octanol–water partition coefficient (Wildman–Crippen LogP) is 4.36. The number of nitrogens with one attached hydrogen (secondary N) is 1. The SMILES string of the molecule is Cc1nn(Cc2ccccc2Cl)c(C)c1C(=O)Nc1cccc([N+](=O)[O-])c1. The minimum absolute atomic E-state index is 0.0874. The lowest BCUT2D eigenvalue weighted by Gasteiger charge is -2.08. The van der Waals surface area contributed by atoms with Crippen molar-refractivity contribution in [2.45, 2.75) is 20.4 Å². The van der Waals surface area contributed by atoms with Crippen molar-refractivity contribution in [2.24, 2.45) is 0 Å². The number of nitrogens with zero attached hydrogens (tertiary/aromatic N) is 3. The molecule has 0 aliphatic carbocycles. The van der Waals surface area contributed by atoms with Gasteiger partial charge < -0.3 is 5.32 Å². The number of non-ortho nitro benzene ring substituents is 1. The standard InChI is InChI=1S/C19H17ClN4O3/c1-12-18(19(25)21-15-7-5-8-16(10-15)24(26)27)13(2)23(22-12)11-14-6-3-4-9-17(14)20/h3-10H,11H2,1-2H3,(H,21,25). The Morgan fingerprint density at radius 2 is 1.96 bits per heavy atom. The molecule has 0 fully saturated rings. The molecule has 3 aromatic rings. The first-order chi connectivity index (χ1) is 12.9. The molecule has 0 aliphatic rings. The van der Waals surface area contributed by atoms with E-state index in [0.29, 0.717) is 34.2 Å². The van der Waals surface area contributed by atoms with E-state index < -0.39 is 4.92 Å². The first kappa shape index (κ1) is 18.6. The number of nitro groups is 1. The van der Waals surface area contributed by atoms with Gasteiger partial charge in [0.05, 0.1) is 22.7 Å². The molecule has 0 saturated heterocycles. The van der Waals surface area contributed by atoms with Gasteiger partial charge in [-0.05, 0) is 31.5 Å². The third kappa shape index (κ3) is 3.98. The van der Waals surface area contributed by atoms with Crippen LogP contribution < -0.4 is 5.32 Å². The van der Waals surface area contributed by atoms with E-state index in [0.717, 1.165) is 5.56 Å². The molecule has 0 unspecified atom stereocenters. The maximum atomic E-state index is 12.7. The molecule has 1 heterocycles. The van der Waals surface area contributed by atoms with Crippen LogP contribution >= 0.6 is 11.6 Å². The van der Waals surface area contributed by atoms with Crippen LogP contribution in [0.15, 0.2) is 48.5 Å². The first-order valence-corrected chi connectivity index (χ1v) is 8.58. The number of rotatable bonds is 5. The Labute approximate surface area is 160 Å². The Kier molecular flexibility index (Phi) is 5.23. The zero-order valence-electron chi connectivity index (χ0n) is 14.8. The molecule has 0 aliphatic heterocycles. The van der Waals surface area contributed by atoms with Crippen molar-refractivity contribution in [3.63, 3.8) is 0 Å². The number of anilines is 1. The summed E-state index contributed by atoms with van der Waals surface area (Å²) in [4.78, 5) is 23.1. The summed E-state index contributed by atoms with van der Waals surface area (Å²) in [5.41, 5.74) is 2.87. The van der Waals surface area contributed by atoms with Gasteiger partial charge in [-0.2, -0.15) is 5.10 Å². The zero-order chi connectivity index (χ0) is 19.6. The number of aryl methyl sites for hydroxylation is 1. The smallest absolute Gasteiger partial charge is 0.271 e. The van der Waals surface area contributed by atoms with Crippen molar-refractivity contribution in [1.82, 2.24) is 9.78 Å². The lowest BCUT2D eigenvalue weighted by molar-refractivity contribution is -0.384. The lowest BCUT2D eigenvalue weighted by Crippen LogP contribution is -2.14. The predicted molar refractivity (Wildman–Crippen MR) is 103 cm³/mol. The Morgan fingerprint density at radius 1 is 1.22 bits per heavy atom. The van der Waals surface area contributed by atoms with Crippen LogP contribution in [0, 0.1) is 24.0 Å². The highest BCUT2D eigenvalue weighted by Crippen LogP contribution is 2.22. The van der Waals surface area contributed by atoms with Gasteiger partial charge in [-0.3, -0.25) is 19.6 Å². The van der Waals surface area contributed by atoms with Crippen molar-refractivity contribution in [1.29, 1.82) is 0 Å². The normalized spacial score (nSPS) is 10.6. The molecule has 7 nitrogen and oxygen atoms in total. The second-order valence-corrected chi connectivity index (χ2v) is 6.46. The van der Waals surface area contributed by atoms with Crippen LogP contribution in [0.3, 0.4) is 0 Å². The van der Waals surface area contributed by atoms with Crippen molar-refractivity contribution in [3.8, 4) is 0 Å². The van der Waals surface area contributed by atoms with Crippen LogP contribution in [0.5, 0.6) is 0 Å². The number of hydrogen-bond donors (Lipinski definition) is 1. The maximum Gasteiger partial charge on any atom is 0.271 e. The van der Waals surface area contributed by atoms with Crippen LogP contribution in [-0.4, -0.2) is 20.6 Å². The summed E-state index contributed by atoms with van der Waals surface area (Å²) in [6, 6.07) is 13.3. The minimum atomic E-state index is -0.506. The third-order valence-corrected chi connectivity index (χ3v) is 4.57. The molecule has 138 valence electrons. The molecule has 1 aromatic heterocycles. The van der Waals surface area contributed by atoms with Crippen molar-refractivity contribution in [2.75, 3.05) is 5.32 Å².